The van der Waals surface area contributed by atoms with Crippen molar-refractivity contribution in [3.05, 3.63) is 23.3 Å². The lowest BCUT2D eigenvalue weighted by molar-refractivity contribution is 0.0601. The molecular weight excluding hydrogens is 208 g/mol. The second-order valence-corrected chi connectivity index (χ2v) is 3.58. The van der Waals surface area contributed by atoms with E-state index in [2.05, 4.69) is 10.1 Å². The summed E-state index contributed by atoms with van der Waals surface area (Å²) < 4.78 is 4.59. The minimum atomic E-state index is -0.493. The van der Waals surface area contributed by atoms with Crippen molar-refractivity contribution in [1.29, 1.82) is 0 Å². The van der Waals surface area contributed by atoms with Gasteiger partial charge in [-0.25, -0.2) is 4.79 Å². The second kappa shape index (κ2) is 3.84. The van der Waals surface area contributed by atoms with Crippen LogP contribution in [0.15, 0.2) is 12.1 Å². The Kier molecular flexibility index (Phi) is 2.52. The van der Waals surface area contributed by atoms with Crippen LogP contribution in [0.5, 0.6) is 0 Å². The van der Waals surface area contributed by atoms with E-state index in [0.717, 1.165) is 0 Å². The van der Waals surface area contributed by atoms with Gasteiger partial charge in [0.05, 0.1) is 24.0 Å². The molecule has 1 heterocycles. The van der Waals surface area contributed by atoms with Crippen LogP contribution in [0.4, 0.5) is 11.4 Å². The molecule has 0 aliphatic carbocycles. The first-order valence-corrected chi connectivity index (χ1v) is 4.92. The number of nitrogen functional groups attached to an aromatic ring is 1. The van der Waals surface area contributed by atoms with Gasteiger partial charge in [-0.15, -0.1) is 0 Å². The van der Waals surface area contributed by atoms with Crippen molar-refractivity contribution in [3.8, 4) is 0 Å². The molecule has 84 valence electrons. The highest BCUT2D eigenvalue weighted by atomic mass is 16.5. The highest BCUT2D eigenvalue weighted by Gasteiger charge is 2.21. The molecule has 0 saturated carbocycles. The largest absolute Gasteiger partial charge is 0.465 e. The summed E-state index contributed by atoms with van der Waals surface area (Å²) in [6, 6.07) is 3.03. The minimum Gasteiger partial charge on any atom is -0.465 e. The first-order valence-electron chi connectivity index (χ1n) is 4.92. The number of nitrogens with one attached hydrogen (secondary N) is 1. The van der Waals surface area contributed by atoms with Crippen LogP contribution in [0.3, 0.4) is 0 Å². The van der Waals surface area contributed by atoms with Crippen LogP contribution in [0, 0.1) is 0 Å². The molecule has 0 radical (unpaired) electrons. The van der Waals surface area contributed by atoms with Gasteiger partial charge in [-0.2, -0.15) is 0 Å². The van der Waals surface area contributed by atoms with Crippen molar-refractivity contribution in [2.75, 3.05) is 24.7 Å². The number of hydrogen-bond donors (Lipinski definition) is 2. The zero-order valence-corrected chi connectivity index (χ0v) is 8.87. The van der Waals surface area contributed by atoms with Crippen molar-refractivity contribution < 1.29 is 14.3 Å². The van der Waals surface area contributed by atoms with E-state index in [0.29, 0.717) is 35.5 Å². The highest BCUT2D eigenvalue weighted by molar-refractivity contribution is 6.08. The van der Waals surface area contributed by atoms with Gasteiger partial charge in [0.2, 0.25) is 0 Å². The fourth-order valence-electron chi connectivity index (χ4n) is 1.75. The standard InChI is InChI=1S/C11H12N2O3/c1-16-11(15)6-4-7-9(14)2-3-13-10(7)8(12)5-6/h4-5,13H,2-3,12H2,1H3. The van der Waals surface area contributed by atoms with Gasteiger partial charge in [0.1, 0.15) is 0 Å². The number of nitrogens with two attached hydrogens (primary N) is 1. The molecule has 5 heteroatoms. The van der Waals surface area contributed by atoms with Crippen LogP contribution in [0.25, 0.3) is 0 Å². The predicted octanol–water partition coefficient (Wildman–Crippen LogP) is 1.05. The number of anilines is 2. The predicted molar refractivity (Wildman–Crippen MR) is 59.6 cm³/mol. The Morgan fingerprint density at radius 1 is 1.50 bits per heavy atom. The van der Waals surface area contributed by atoms with Gasteiger partial charge in [0.15, 0.2) is 5.78 Å². The number of esters is 1. The summed E-state index contributed by atoms with van der Waals surface area (Å²) in [6.07, 6.45) is 0.414. The number of methoxy groups -OCH3 is 1. The van der Waals surface area contributed by atoms with Gasteiger partial charge in [0, 0.05) is 18.5 Å². The van der Waals surface area contributed by atoms with Gasteiger partial charge < -0.3 is 15.8 Å². The molecule has 1 aromatic rings. The van der Waals surface area contributed by atoms with E-state index in [-0.39, 0.29) is 5.78 Å². The van der Waals surface area contributed by atoms with Gasteiger partial charge in [-0.1, -0.05) is 0 Å². The molecule has 0 spiro atoms. The smallest absolute Gasteiger partial charge is 0.337 e. The third-order valence-electron chi connectivity index (χ3n) is 2.54. The normalized spacial score (nSPS) is 13.9. The molecule has 0 bridgehead atoms. The first kappa shape index (κ1) is 10.5. The van der Waals surface area contributed by atoms with Crippen molar-refractivity contribution in [3.63, 3.8) is 0 Å². The lowest BCUT2D eigenvalue weighted by atomic mass is 9.98. The molecule has 0 amide bonds. The molecule has 16 heavy (non-hydrogen) atoms. The SMILES string of the molecule is COC(=O)c1cc(N)c2c(c1)C(=O)CCN2. The van der Waals surface area contributed by atoms with Crippen molar-refractivity contribution in [2.24, 2.45) is 0 Å². The van der Waals surface area contributed by atoms with Crippen molar-refractivity contribution >= 4 is 23.1 Å². The van der Waals surface area contributed by atoms with E-state index < -0.39 is 5.97 Å². The Hall–Kier alpha value is -2.04. The Bertz CT molecular complexity index is 469. The van der Waals surface area contributed by atoms with Gasteiger partial charge in [-0.05, 0) is 12.1 Å². The fourth-order valence-corrected chi connectivity index (χ4v) is 1.75. The number of benzene rings is 1. The molecule has 0 saturated heterocycles. The minimum absolute atomic E-state index is 0.00815. The Morgan fingerprint density at radius 3 is 2.94 bits per heavy atom. The van der Waals surface area contributed by atoms with Gasteiger partial charge in [-0.3, -0.25) is 4.79 Å². The molecule has 0 unspecified atom stereocenters. The summed E-state index contributed by atoms with van der Waals surface area (Å²) in [7, 11) is 1.29. The van der Waals surface area contributed by atoms with Crippen LogP contribution in [-0.4, -0.2) is 25.4 Å². The zero-order valence-electron chi connectivity index (χ0n) is 8.87. The molecule has 3 N–H and O–H groups in total. The summed E-state index contributed by atoms with van der Waals surface area (Å²) >= 11 is 0. The first-order chi connectivity index (χ1) is 7.63. The number of Topliss-reactive ketones (excluding diaryl/α,β-unsaturated/α-hetero) is 1. The maximum Gasteiger partial charge on any atom is 0.337 e. The summed E-state index contributed by atoms with van der Waals surface area (Å²) in [4.78, 5) is 23.0. The van der Waals surface area contributed by atoms with E-state index >= 15 is 0 Å². The monoisotopic (exact) mass is 220 g/mol. The molecule has 1 aliphatic rings. The van der Waals surface area contributed by atoms with Crippen LogP contribution in [0.2, 0.25) is 0 Å². The number of hydrogen-bond acceptors (Lipinski definition) is 5. The Morgan fingerprint density at radius 2 is 2.25 bits per heavy atom. The van der Waals surface area contributed by atoms with Crippen LogP contribution in [-0.2, 0) is 4.74 Å². The summed E-state index contributed by atoms with van der Waals surface area (Å²) in [5.74, 6) is -0.501. The number of ketones is 1. The third kappa shape index (κ3) is 1.60. The van der Waals surface area contributed by atoms with E-state index in [9.17, 15) is 9.59 Å². The Balaban J connectivity index is 2.55. The molecule has 2 rings (SSSR count). The molecule has 0 fully saturated rings. The van der Waals surface area contributed by atoms with Crippen molar-refractivity contribution in [2.45, 2.75) is 6.42 Å². The average molecular weight is 220 g/mol. The lowest BCUT2D eigenvalue weighted by Gasteiger charge is -2.19. The number of ether oxygens (including phenoxy) is 1. The molecule has 5 nitrogen and oxygen atoms in total. The van der Waals surface area contributed by atoms with Gasteiger partial charge >= 0.3 is 5.97 Å². The van der Waals surface area contributed by atoms with E-state index in [1.807, 2.05) is 0 Å². The summed E-state index contributed by atoms with van der Waals surface area (Å²) in [5.41, 5.74) is 7.55. The van der Waals surface area contributed by atoms with Crippen LogP contribution in [0.1, 0.15) is 27.1 Å². The molecule has 1 aliphatic heterocycles. The van der Waals surface area contributed by atoms with E-state index in [1.165, 1.54) is 19.2 Å². The molecule has 1 aromatic carbocycles. The topological polar surface area (TPSA) is 81.4 Å². The zero-order chi connectivity index (χ0) is 11.7. The fraction of sp³-hybridized carbons (Fsp3) is 0.273. The van der Waals surface area contributed by atoms with Crippen LogP contribution < -0.4 is 11.1 Å². The maximum absolute atomic E-state index is 11.7. The van der Waals surface area contributed by atoms with Crippen LogP contribution >= 0.6 is 0 Å². The van der Waals surface area contributed by atoms with E-state index in [1.54, 1.807) is 0 Å². The maximum atomic E-state index is 11.7. The summed E-state index contributed by atoms with van der Waals surface area (Å²) in [6.45, 7) is 0.577. The number of carbonyl (C=O) groups excluding carboxylic acids is 2. The number of carbonyl (C=O) groups is 2. The number of rotatable bonds is 1. The number of fused-ring (bicyclic) bond motifs is 1. The average Bonchev–Trinajstić information content (AvgIpc) is 2.29. The van der Waals surface area contributed by atoms with E-state index in [4.69, 9.17) is 5.73 Å². The summed E-state index contributed by atoms with van der Waals surface area (Å²) in [5, 5.41) is 3.05. The van der Waals surface area contributed by atoms with Crippen molar-refractivity contribution in [1.82, 2.24) is 0 Å². The lowest BCUT2D eigenvalue weighted by Crippen LogP contribution is -2.20. The third-order valence-corrected chi connectivity index (χ3v) is 2.54. The second-order valence-electron chi connectivity index (χ2n) is 3.58. The van der Waals surface area contributed by atoms with Gasteiger partial charge in [0.25, 0.3) is 0 Å². The highest BCUT2D eigenvalue weighted by Crippen LogP contribution is 2.29. The Labute approximate surface area is 92.6 Å². The molecule has 0 aromatic heterocycles. The molecular formula is C11H12N2O3. The molecule has 0 atom stereocenters. The quantitative estimate of drug-likeness (QED) is 0.546.